The Morgan fingerprint density at radius 3 is 2.63 bits per heavy atom. The third-order valence-electron chi connectivity index (χ3n) is 4.51. The number of carbonyl (C=O) groups excluding carboxylic acids is 1. The largest absolute Gasteiger partial charge is 0.508 e. The van der Waals surface area contributed by atoms with Crippen LogP contribution in [0.25, 0.3) is 0 Å². The molecule has 2 aromatic carbocycles. The zero-order valence-corrected chi connectivity index (χ0v) is 15.5. The number of nitrogens with zero attached hydrogens (tertiary/aromatic N) is 1. The Hall–Kier alpha value is -2.73. The Morgan fingerprint density at radius 1 is 1.11 bits per heavy atom. The number of phenols is 1. The third kappa shape index (κ3) is 5.14. The molecule has 1 N–H and O–H groups in total. The molecule has 3 rings (SSSR count). The van der Waals surface area contributed by atoms with Crippen molar-refractivity contribution in [1.29, 1.82) is 0 Å². The lowest BCUT2D eigenvalue weighted by Gasteiger charge is -2.32. The summed E-state index contributed by atoms with van der Waals surface area (Å²) < 4.78 is 16.6. The van der Waals surface area contributed by atoms with E-state index in [4.69, 9.17) is 14.2 Å². The Balaban J connectivity index is 1.57. The van der Waals surface area contributed by atoms with E-state index in [1.807, 2.05) is 23.1 Å². The molecule has 0 unspecified atom stereocenters. The minimum Gasteiger partial charge on any atom is -0.508 e. The van der Waals surface area contributed by atoms with Crippen LogP contribution in [0.5, 0.6) is 17.2 Å². The van der Waals surface area contributed by atoms with E-state index in [1.165, 1.54) is 0 Å². The van der Waals surface area contributed by atoms with Gasteiger partial charge in [0.2, 0.25) is 0 Å². The highest BCUT2D eigenvalue weighted by atomic mass is 16.5. The third-order valence-corrected chi connectivity index (χ3v) is 4.51. The van der Waals surface area contributed by atoms with Gasteiger partial charge in [-0.15, -0.1) is 0 Å². The summed E-state index contributed by atoms with van der Waals surface area (Å²) in [5.74, 6) is 1.39. The second-order valence-corrected chi connectivity index (χ2v) is 6.44. The quantitative estimate of drug-likeness (QED) is 0.758. The van der Waals surface area contributed by atoms with Gasteiger partial charge in [0.15, 0.2) is 0 Å². The number of hydrogen-bond donors (Lipinski definition) is 1. The summed E-state index contributed by atoms with van der Waals surface area (Å²) in [6.07, 6.45) is 1.52. The Labute approximate surface area is 159 Å². The zero-order chi connectivity index (χ0) is 19.1. The number of ether oxygens (including phenoxy) is 3. The number of piperidine rings is 1. The fraction of sp³-hybridized carbons (Fsp3) is 0.381. The molecule has 0 bridgehead atoms. The molecule has 2 aromatic rings. The number of rotatable bonds is 7. The molecule has 1 saturated heterocycles. The topological polar surface area (TPSA) is 68.2 Å². The molecule has 0 saturated carbocycles. The molecular weight excluding hydrogens is 346 g/mol. The van der Waals surface area contributed by atoms with E-state index in [1.54, 1.807) is 37.4 Å². The molecular formula is C21H25NO5. The van der Waals surface area contributed by atoms with Crippen molar-refractivity contribution in [3.63, 3.8) is 0 Å². The van der Waals surface area contributed by atoms with E-state index in [0.29, 0.717) is 43.4 Å². The number of carbonyl (C=O) groups is 1. The standard InChI is InChI=1S/C21H25NO5/c1-25-13-14-26-20-8-3-2-7-19(20)21(24)22-11-9-17(10-12-22)27-18-6-4-5-16(23)15-18/h2-8,15,17,23H,9-14H2,1H3. The molecule has 6 nitrogen and oxygen atoms in total. The van der Waals surface area contributed by atoms with E-state index in [0.717, 1.165) is 12.8 Å². The molecule has 0 atom stereocenters. The number of aromatic hydroxyl groups is 1. The van der Waals surface area contributed by atoms with Crippen LogP contribution in [0.1, 0.15) is 23.2 Å². The van der Waals surface area contributed by atoms with Gasteiger partial charge in [0.05, 0.1) is 12.2 Å². The van der Waals surface area contributed by atoms with Gasteiger partial charge in [-0.1, -0.05) is 18.2 Å². The van der Waals surface area contributed by atoms with Crippen LogP contribution in [0, 0.1) is 0 Å². The van der Waals surface area contributed by atoms with Crippen LogP contribution in [-0.2, 0) is 4.74 Å². The lowest BCUT2D eigenvalue weighted by molar-refractivity contribution is 0.0590. The first-order valence-electron chi connectivity index (χ1n) is 9.13. The summed E-state index contributed by atoms with van der Waals surface area (Å²) in [5.41, 5.74) is 0.570. The number of para-hydroxylation sites is 1. The maximum absolute atomic E-state index is 12.9. The minimum absolute atomic E-state index is 0.0289. The van der Waals surface area contributed by atoms with Crippen LogP contribution in [0.4, 0.5) is 0 Å². The van der Waals surface area contributed by atoms with E-state index < -0.39 is 0 Å². The van der Waals surface area contributed by atoms with Crippen LogP contribution in [0.2, 0.25) is 0 Å². The Kier molecular flexibility index (Phi) is 6.54. The van der Waals surface area contributed by atoms with Gasteiger partial charge >= 0.3 is 0 Å². The van der Waals surface area contributed by atoms with Crippen molar-refractivity contribution in [2.75, 3.05) is 33.4 Å². The average molecular weight is 371 g/mol. The van der Waals surface area contributed by atoms with Gasteiger partial charge in [-0.05, 0) is 24.3 Å². The molecule has 1 aliphatic heterocycles. The molecule has 0 spiro atoms. The van der Waals surface area contributed by atoms with Crippen LogP contribution in [0.15, 0.2) is 48.5 Å². The maximum Gasteiger partial charge on any atom is 0.257 e. The number of methoxy groups -OCH3 is 1. The van der Waals surface area contributed by atoms with E-state index in [2.05, 4.69) is 0 Å². The van der Waals surface area contributed by atoms with E-state index in [9.17, 15) is 9.90 Å². The number of amides is 1. The van der Waals surface area contributed by atoms with E-state index >= 15 is 0 Å². The van der Waals surface area contributed by atoms with Crippen molar-refractivity contribution in [2.45, 2.75) is 18.9 Å². The number of hydrogen-bond acceptors (Lipinski definition) is 5. The van der Waals surface area contributed by atoms with Crippen LogP contribution >= 0.6 is 0 Å². The number of likely N-dealkylation sites (tertiary alicyclic amines) is 1. The summed E-state index contributed by atoms with van der Waals surface area (Å²) in [6.45, 7) is 2.12. The molecule has 1 amide bonds. The number of benzene rings is 2. The molecule has 0 aliphatic carbocycles. The monoisotopic (exact) mass is 371 g/mol. The highest BCUT2D eigenvalue weighted by Crippen LogP contribution is 2.25. The molecule has 0 aromatic heterocycles. The van der Waals surface area contributed by atoms with Crippen LogP contribution < -0.4 is 9.47 Å². The summed E-state index contributed by atoms with van der Waals surface area (Å²) in [5, 5.41) is 9.53. The van der Waals surface area contributed by atoms with Crippen molar-refractivity contribution >= 4 is 5.91 Å². The SMILES string of the molecule is COCCOc1ccccc1C(=O)N1CCC(Oc2cccc(O)c2)CC1. The van der Waals surface area contributed by atoms with Gasteiger partial charge in [-0.3, -0.25) is 4.79 Å². The van der Waals surface area contributed by atoms with Gasteiger partial charge in [-0.2, -0.15) is 0 Å². The smallest absolute Gasteiger partial charge is 0.257 e. The van der Waals surface area contributed by atoms with Gasteiger partial charge in [0.25, 0.3) is 5.91 Å². The van der Waals surface area contributed by atoms with E-state index in [-0.39, 0.29) is 17.8 Å². The summed E-state index contributed by atoms with van der Waals surface area (Å²) in [4.78, 5) is 14.7. The molecule has 144 valence electrons. The maximum atomic E-state index is 12.9. The zero-order valence-electron chi connectivity index (χ0n) is 15.5. The molecule has 1 aliphatic rings. The van der Waals surface area contributed by atoms with Crippen LogP contribution in [-0.4, -0.2) is 55.4 Å². The predicted octanol–water partition coefficient (Wildman–Crippen LogP) is 3.10. The Morgan fingerprint density at radius 2 is 1.89 bits per heavy atom. The van der Waals surface area contributed by atoms with Crippen molar-refractivity contribution in [1.82, 2.24) is 4.90 Å². The lowest BCUT2D eigenvalue weighted by atomic mass is 10.1. The normalized spacial score (nSPS) is 14.8. The predicted molar refractivity (Wildman–Crippen MR) is 101 cm³/mol. The van der Waals surface area contributed by atoms with Gasteiger partial charge in [-0.25, -0.2) is 0 Å². The van der Waals surface area contributed by atoms with Crippen molar-refractivity contribution in [3.05, 3.63) is 54.1 Å². The number of phenolic OH excluding ortho intramolecular Hbond substituents is 1. The summed E-state index contributed by atoms with van der Waals surface area (Å²) in [6, 6.07) is 14.1. The first-order chi connectivity index (χ1) is 13.2. The molecule has 0 radical (unpaired) electrons. The minimum atomic E-state index is -0.0289. The summed E-state index contributed by atoms with van der Waals surface area (Å²) >= 11 is 0. The van der Waals surface area contributed by atoms with Crippen LogP contribution in [0.3, 0.4) is 0 Å². The molecule has 1 fully saturated rings. The van der Waals surface area contributed by atoms with Gasteiger partial charge in [0, 0.05) is 39.1 Å². The summed E-state index contributed by atoms with van der Waals surface area (Å²) in [7, 11) is 1.61. The molecule has 6 heteroatoms. The second-order valence-electron chi connectivity index (χ2n) is 6.44. The second kappa shape index (κ2) is 9.28. The van der Waals surface area contributed by atoms with Crippen molar-refractivity contribution < 1.29 is 24.1 Å². The molecule has 1 heterocycles. The first-order valence-corrected chi connectivity index (χ1v) is 9.13. The highest BCUT2D eigenvalue weighted by Gasteiger charge is 2.26. The van der Waals surface area contributed by atoms with Gasteiger partial charge < -0.3 is 24.2 Å². The Bertz CT molecular complexity index is 756. The lowest BCUT2D eigenvalue weighted by Crippen LogP contribution is -2.41. The van der Waals surface area contributed by atoms with Crippen molar-refractivity contribution in [3.8, 4) is 17.2 Å². The fourth-order valence-electron chi connectivity index (χ4n) is 3.10. The first kappa shape index (κ1) is 19.0. The fourth-order valence-corrected chi connectivity index (χ4v) is 3.10. The average Bonchev–Trinajstić information content (AvgIpc) is 2.69. The molecule has 27 heavy (non-hydrogen) atoms. The van der Waals surface area contributed by atoms with Crippen molar-refractivity contribution in [2.24, 2.45) is 0 Å². The highest BCUT2D eigenvalue weighted by molar-refractivity contribution is 5.97. The van der Waals surface area contributed by atoms with Gasteiger partial charge in [0.1, 0.15) is 30.0 Å².